The van der Waals surface area contributed by atoms with Crippen molar-refractivity contribution in [3.63, 3.8) is 0 Å². The van der Waals surface area contributed by atoms with Gasteiger partial charge in [-0.25, -0.2) is 0 Å². The van der Waals surface area contributed by atoms with Crippen LogP contribution in [0, 0.1) is 0 Å². The molecule has 0 aliphatic carbocycles. The summed E-state index contributed by atoms with van der Waals surface area (Å²) in [6.07, 6.45) is 4.14. The molecule has 3 atom stereocenters. The summed E-state index contributed by atoms with van der Waals surface area (Å²) < 4.78 is 12.2. The van der Waals surface area contributed by atoms with E-state index in [-0.39, 0.29) is 23.4 Å². The van der Waals surface area contributed by atoms with E-state index in [1.54, 1.807) is 0 Å². The van der Waals surface area contributed by atoms with Crippen LogP contribution in [0.2, 0.25) is 0 Å². The van der Waals surface area contributed by atoms with Crippen molar-refractivity contribution in [1.29, 1.82) is 0 Å². The van der Waals surface area contributed by atoms with E-state index in [2.05, 4.69) is 20.8 Å². The maximum Gasteiger partial charge on any atom is 0.0921 e. The van der Waals surface area contributed by atoms with E-state index in [1.807, 2.05) is 13.8 Å². The molecule has 0 unspecified atom stereocenters. The van der Waals surface area contributed by atoms with Crippen molar-refractivity contribution >= 4 is 0 Å². The van der Waals surface area contributed by atoms with Crippen molar-refractivity contribution in [3.8, 4) is 0 Å². The largest absolute Gasteiger partial charge is 0.388 e. The molecule has 0 saturated carbocycles. The standard InChI is InChI=1S/C14H26O3/c1-12(2)8-6-11(16-12)14(5)9-7-10(17-14)13(3,4)15/h10-11,15H,6-9H2,1-5H3/t10-,11+,14+/m0/s1. The zero-order valence-corrected chi connectivity index (χ0v) is 11.7. The van der Waals surface area contributed by atoms with Gasteiger partial charge in [-0.05, 0) is 60.3 Å². The molecule has 1 N–H and O–H groups in total. The zero-order valence-electron chi connectivity index (χ0n) is 11.7. The van der Waals surface area contributed by atoms with E-state index in [0.717, 1.165) is 25.7 Å². The van der Waals surface area contributed by atoms with E-state index < -0.39 is 5.60 Å². The lowest BCUT2D eigenvalue weighted by molar-refractivity contribution is -0.172. The summed E-state index contributed by atoms with van der Waals surface area (Å²) >= 11 is 0. The topological polar surface area (TPSA) is 38.7 Å². The second-order valence-electron chi connectivity index (χ2n) is 7.02. The first-order valence-electron chi connectivity index (χ1n) is 6.70. The smallest absolute Gasteiger partial charge is 0.0921 e. The third-order valence-corrected chi connectivity index (χ3v) is 4.25. The van der Waals surface area contributed by atoms with Crippen molar-refractivity contribution in [3.05, 3.63) is 0 Å². The van der Waals surface area contributed by atoms with Crippen LogP contribution in [0.3, 0.4) is 0 Å². The van der Waals surface area contributed by atoms with Gasteiger partial charge in [0.15, 0.2) is 0 Å². The van der Waals surface area contributed by atoms with Gasteiger partial charge in [0, 0.05) is 0 Å². The Morgan fingerprint density at radius 3 is 2.12 bits per heavy atom. The number of hydrogen-bond donors (Lipinski definition) is 1. The van der Waals surface area contributed by atoms with Crippen LogP contribution in [0.4, 0.5) is 0 Å². The average molecular weight is 242 g/mol. The average Bonchev–Trinajstić information content (AvgIpc) is 2.69. The second-order valence-corrected chi connectivity index (χ2v) is 7.02. The highest BCUT2D eigenvalue weighted by Crippen LogP contribution is 2.44. The molecular weight excluding hydrogens is 216 g/mol. The molecule has 2 aliphatic rings. The molecule has 2 heterocycles. The second kappa shape index (κ2) is 3.94. The molecule has 0 aromatic rings. The zero-order chi connectivity index (χ0) is 12.9. The first-order chi connectivity index (χ1) is 7.62. The molecule has 2 aliphatic heterocycles. The molecule has 0 spiro atoms. The van der Waals surface area contributed by atoms with Crippen molar-refractivity contribution in [1.82, 2.24) is 0 Å². The molecular formula is C14H26O3. The van der Waals surface area contributed by atoms with E-state index in [4.69, 9.17) is 9.47 Å². The van der Waals surface area contributed by atoms with Crippen LogP contribution < -0.4 is 0 Å². The van der Waals surface area contributed by atoms with Gasteiger partial charge in [0.2, 0.25) is 0 Å². The lowest BCUT2D eigenvalue weighted by Gasteiger charge is -2.34. The Bertz CT molecular complexity index is 292. The molecule has 0 amide bonds. The minimum absolute atomic E-state index is 0.0240. The summed E-state index contributed by atoms with van der Waals surface area (Å²) in [6.45, 7) is 10.0. The summed E-state index contributed by atoms with van der Waals surface area (Å²) in [5, 5.41) is 10.0. The summed E-state index contributed by atoms with van der Waals surface area (Å²) in [7, 11) is 0. The Balaban J connectivity index is 2.03. The molecule has 0 radical (unpaired) electrons. The molecule has 2 fully saturated rings. The number of hydrogen-bond acceptors (Lipinski definition) is 3. The molecule has 100 valence electrons. The fourth-order valence-electron chi connectivity index (χ4n) is 3.01. The summed E-state index contributed by atoms with van der Waals surface area (Å²) in [4.78, 5) is 0. The van der Waals surface area contributed by atoms with Gasteiger partial charge in [-0.3, -0.25) is 0 Å². The third-order valence-electron chi connectivity index (χ3n) is 4.25. The summed E-state index contributed by atoms with van der Waals surface area (Å²) in [5.41, 5.74) is -1.01. The minimum atomic E-state index is -0.758. The first kappa shape index (κ1) is 13.3. The van der Waals surface area contributed by atoms with Crippen LogP contribution >= 0.6 is 0 Å². The lowest BCUT2D eigenvalue weighted by atomic mass is 9.91. The third kappa shape index (κ3) is 2.67. The maximum atomic E-state index is 10.0. The van der Waals surface area contributed by atoms with E-state index in [1.165, 1.54) is 0 Å². The molecule has 3 heteroatoms. The van der Waals surface area contributed by atoms with Crippen LogP contribution in [0.25, 0.3) is 0 Å². The maximum absolute atomic E-state index is 10.0. The van der Waals surface area contributed by atoms with Gasteiger partial charge in [0.05, 0.1) is 29.0 Å². The van der Waals surface area contributed by atoms with Crippen LogP contribution in [0.5, 0.6) is 0 Å². The van der Waals surface area contributed by atoms with Gasteiger partial charge >= 0.3 is 0 Å². The highest BCUT2D eigenvalue weighted by atomic mass is 16.6. The fraction of sp³-hybridized carbons (Fsp3) is 1.00. The first-order valence-corrected chi connectivity index (χ1v) is 6.70. The van der Waals surface area contributed by atoms with Gasteiger partial charge in [-0.1, -0.05) is 0 Å². The number of rotatable bonds is 2. The SMILES string of the molecule is CC1(C)CC[C@H]([C@@]2(C)CC[C@@H](C(C)(C)O)O2)O1. The van der Waals surface area contributed by atoms with Gasteiger partial charge in [0.1, 0.15) is 0 Å². The molecule has 0 aromatic carbocycles. The summed E-state index contributed by atoms with van der Waals surface area (Å²) in [6, 6.07) is 0. The molecule has 3 nitrogen and oxygen atoms in total. The molecule has 2 saturated heterocycles. The minimum Gasteiger partial charge on any atom is -0.388 e. The molecule has 0 bridgehead atoms. The van der Waals surface area contributed by atoms with Crippen molar-refractivity contribution in [2.24, 2.45) is 0 Å². The van der Waals surface area contributed by atoms with Crippen molar-refractivity contribution in [2.75, 3.05) is 0 Å². The number of aliphatic hydroxyl groups is 1. The normalized spacial score (nSPS) is 42.0. The van der Waals surface area contributed by atoms with E-state index in [9.17, 15) is 5.11 Å². The Morgan fingerprint density at radius 1 is 1.06 bits per heavy atom. The molecule has 17 heavy (non-hydrogen) atoms. The highest BCUT2D eigenvalue weighted by Gasteiger charge is 2.50. The lowest BCUT2D eigenvalue weighted by Crippen LogP contribution is -2.44. The summed E-state index contributed by atoms with van der Waals surface area (Å²) in [5.74, 6) is 0. The van der Waals surface area contributed by atoms with Crippen LogP contribution in [-0.2, 0) is 9.47 Å². The Morgan fingerprint density at radius 2 is 1.71 bits per heavy atom. The van der Waals surface area contributed by atoms with Crippen molar-refractivity contribution in [2.45, 2.75) is 89.3 Å². The predicted octanol–water partition coefficient (Wildman–Crippen LogP) is 2.65. The fourth-order valence-corrected chi connectivity index (χ4v) is 3.01. The van der Waals surface area contributed by atoms with Crippen LogP contribution in [-0.4, -0.2) is 34.1 Å². The van der Waals surface area contributed by atoms with E-state index >= 15 is 0 Å². The number of ether oxygens (including phenoxy) is 2. The Labute approximate surface area is 104 Å². The quantitative estimate of drug-likeness (QED) is 0.809. The Hall–Kier alpha value is -0.120. The Kier molecular flexibility index (Phi) is 3.08. The predicted molar refractivity (Wildman–Crippen MR) is 67.0 cm³/mol. The van der Waals surface area contributed by atoms with Crippen molar-refractivity contribution < 1.29 is 14.6 Å². The van der Waals surface area contributed by atoms with Gasteiger partial charge in [0.25, 0.3) is 0 Å². The van der Waals surface area contributed by atoms with Gasteiger partial charge in [-0.2, -0.15) is 0 Å². The van der Waals surface area contributed by atoms with E-state index in [0.29, 0.717) is 0 Å². The van der Waals surface area contributed by atoms with Crippen LogP contribution in [0.15, 0.2) is 0 Å². The monoisotopic (exact) mass is 242 g/mol. The molecule has 2 rings (SSSR count). The van der Waals surface area contributed by atoms with Gasteiger partial charge < -0.3 is 14.6 Å². The van der Waals surface area contributed by atoms with Crippen LogP contribution in [0.1, 0.15) is 60.3 Å². The van der Waals surface area contributed by atoms with Gasteiger partial charge in [-0.15, -0.1) is 0 Å². The molecule has 0 aromatic heterocycles. The highest BCUT2D eigenvalue weighted by molar-refractivity contribution is 4.99.